The third-order valence-electron chi connectivity index (χ3n) is 5.60. The van der Waals surface area contributed by atoms with E-state index in [1.165, 1.54) is 0 Å². The molecular weight excluding hydrogens is 368 g/mol. The van der Waals surface area contributed by atoms with Crippen molar-refractivity contribution in [3.63, 3.8) is 0 Å². The highest BCUT2D eigenvalue weighted by Gasteiger charge is 2.26. The molecule has 1 aromatic heterocycles. The minimum absolute atomic E-state index is 0.0691. The molecule has 1 N–H and O–H groups in total. The zero-order valence-corrected chi connectivity index (χ0v) is 15.8. The summed E-state index contributed by atoms with van der Waals surface area (Å²) in [7, 11) is 0. The lowest BCUT2D eigenvalue weighted by Gasteiger charge is -2.30. The summed E-state index contributed by atoms with van der Waals surface area (Å²) in [5.41, 5.74) is 3.56. The number of carbonyl (C=O) groups excluding carboxylic acids is 1. The van der Waals surface area contributed by atoms with E-state index >= 15 is 0 Å². The second kappa shape index (κ2) is 6.84. The van der Waals surface area contributed by atoms with Crippen LogP contribution in [0, 0.1) is 10.1 Å². The van der Waals surface area contributed by atoms with Crippen LogP contribution in [-0.2, 0) is 13.0 Å². The fourth-order valence-electron chi connectivity index (χ4n) is 3.85. The maximum Gasteiger partial charge on any atom is 0.269 e. The largest absolute Gasteiger partial charge is 0.352 e. The van der Waals surface area contributed by atoms with Gasteiger partial charge in [0.25, 0.3) is 11.6 Å². The number of pyridine rings is 1. The molecule has 1 fully saturated rings. The molecule has 0 spiro atoms. The molecule has 0 radical (unpaired) electrons. The summed E-state index contributed by atoms with van der Waals surface area (Å²) in [6.07, 6.45) is 2.85. The monoisotopic (exact) mass is 388 g/mol. The lowest BCUT2D eigenvalue weighted by molar-refractivity contribution is -0.384. The zero-order valence-electron chi connectivity index (χ0n) is 15.8. The maximum absolute atomic E-state index is 12.8. The number of amides is 1. The zero-order chi connectivity index (χ0) is 20.0. The standard InChI is InChI=1S/C22H20N4O3/c27-22(23-16-6-7-16)19-12-21(24-20-4-2-1-3-18(19)20)25-10-9-14-5-8-17(26(28)29)11-15(14)13-25/h1-5,8,11-12,16H,6-7,9-10,13H2,(H,23,27). The van der Waals surface area contributed by atoms with E-state index in [-0.39, 0.29) is 22.6 Å². The first-order valence-electron chi connectivity index (χ1n) is 9.80. The third kappa shape index (κ3) is 3.40. The number of aromatic nitrogens is 1. The molecule has 146 valence electrons. The molecule has 7 heteroatoms. The van der Waals surface area contributed by atoms with Crippen LogP contribution in [0.1, 0.15) is 34.3 Å². The lowest BCUT2D eigenvalue weighted by atomic mass is 9.98. The molecule has 29 heavy (non-hydrogen) atoms. The van der Waals surface area contributed by atoms with Crippen molar-refractivity contribution in [2.24, 2.45) is 0 Å². The van der Waals surface area contributed by atoms with Gasteiger partial charge in [0, 0.05) is 36.7 Å². The molecule has 5 rings (SSSR count). The smallest absolute Gasteiger partial charge is 0.269 e. The summed E-state index contributed by atoms with van der Waals surface area (Å²) in [6, 6.07) is 14.8. The van der Waals surface area contributed by atoms with Crippen molar-refractivity contribution in [1.29, 1.82) is 0 Å². The number of hydrogen-bond acceptors (Lipinski definition) is 5. The van der Waals surface area contributed by atoms with E-state index in [0.717, 1.165) is 53.7 Å². The van der Waals surface area contributed by atoms with Crippen LogP contribution in [0.5, 0.6) is 0 Å². The Labute approximate surface area is 167 Å². The first-order chi connectivity index (χ1) is 14.1. The van der Waals surface area contributed by atoms with Gasteiger partial charge < -0.3 is 10.2 Å². The third-order valence-corrected chi connectivity index (χ3v) is 5.60. The highest BCUT2D eigenvalue weighted by molar-refractivity contribution is 6.07. The normalized spacial score (nSPS) is 15.8. The summed E-state index contributed by atoms with van der Waals surface area (Å²) in [5.74, 6) is 0.655. The van der Waals surface area contributed by atoms with Crippen molar-refractivity contribution in [2.45, 2.75) is 31.8 Å². The molecule has 2 heterocycles. The quantitative estimate of drug-likeness (QED) is 0.545. The van der Waals surface area contributed by atoms with Gasteiger partial charge in [0.1, 0.15) is 5.82 Å². The Bertz CT molecular complexity index is 1140. The summed E-state index contributed by atoms with van der Waals surface area (Å²) in [5, 5.41) is 15.0. The lowest BCUT2D eigenvalue weighted by Crippen LogP contribution is -2.32. The van der Waals surface area contributed by atoms with E-state index in [4.69, 9.17) is 4.98 Å². The van der Waals surface area contributed by atoms with Gasteiger partial charge in [-0.1, -0.05) is 24.3 Å². The van der Waals surface area contributed by atoms with E-state index in [1.807, 2.05) is 36.4 Å². The minimum Gasteiger partial charge on any atom is -0.352 e. The van der Waals surface area contributed by atoms with Gasteiger partial charge in [-0.3, -0.25) is 14.9 Å². The second-order valence-corrected chi connectivity index (χ2v) is 7.67. The van der Waals surface area contributed by atoms with Crippen LogP contribution in [0.2, 0.25) is 0 Å². The second-order valence-electron chi connectivity index (χ2n) is 7.67. The first kappa shape index (κ1) is 17.6. The molecule has 0 atom stereocenters. The van der Waals surface area contributed by atoms with Gasteiger partial charge in [-0.05, 0) is 42.5 Å². The fraction of sp³-hybridized carbons (Fsp3) is 0.273. The highest BCUT2D eigenvalue weighted by Crippen LogP contribution is 2.30. The predicted molar refractivity (Wildman–Crippen MR) is 110 cm³/mol. The molecule has 1 aliphatic carbocycles. The van der Waals surface area contributed by atoms with Crippen LogP contribution in [0.3, 0.4) is 0 Å². The van der Waals surface area contributed by atoms with Crippen LogP contribution >= 0.6 is 0 Å². The molecule has 1 amide bonds. The highest BCUT2D eigenvalue weighted by atomic mass is 16.6. The van der Waals surface area contributed by atoms with Gasteiger partial charge in [0.2, 0.25) is 0 Å². The van der Waals surface area contributed by atoms with E-state index in [2.05, 4.69) is 10.2 Å². The predicted octanol–water partition coefficient (Wildman–Crippen LogP) is 3.60. The molecular formula is C22H20N4O3. The van der Waals surface area contributed by atoms with Crippen LogP contribution in [0.15, 0.2) is 48.5 Å². The Hall–Kier alpha value is -3.48. The average Bonchev–Trinajstić information content (AvgIpc) is 3.56. The maximum atomic E-state index is 12.8. The van der Waals surface area contributed by atoms with Crippen molar-refractivity contribution in [2.75, 3.05) is 11.4 Å². The Morgan fingerprint density at radius 2 is 1.97 bits per heavy atom. The Kier molecular flexibility index (Phi) is 4.16. The molecule has 3 aromatic rings. The van der Waals surface area contributed by atoms with Crippen molar-refractivity contribution in [1.82, 2.24) is 10.3 Å². The number of nitrogens with one attached hydrogen (secondary N) is 1. The topological polar surface area (TPSA) is 88.4 Å². The summed E-state index contributed by atoms with van der Waals surface area (Å²) in [6.45, 7) is 1.28. The summed E-state index contributed by atoms with van der Waals surface area (Å²) in [4.78, 5) is 30.5. The minimum atomic E-state index is -0.367. The molecule has 7 nitrogen and oxygen atoms in total. The van der Waals surface area contributed by atoms with Crippen LogP contribution < -0.4 is 10.2 Å². The molecule has 1 aliphatic heterocycles. The molecule has 0 unspecified atom stereocenters. The number of fused-ring (bicyclic) bond motifs is 2. The van der Waals surface area contributed by atoms with Crippen molar-refractivity contribution in [3.8, 4) is 0 Å². The molecule has 2 aromatic carbocycles. The van der Waals surface area contributed by atoms with E-state index in [1.54, 1.807) is 12.1 Å². The Morgan fingerprint density at radius 1 is 1.14 bits per heavy atom. The number of nitro benzene ring substituents is 1. The van der Waals surface area contributed by atoms with E-state index in [0.29, 0.717) is 12.1 Å². The number of anilines is 1. The van der Waals surface area contributed by atoms with Crippen molar-refractivity contribution >= 4 is 28.3 Å². The summed E-state index contributed by atoms with van der Waals surface area (Å²) < 4.78 is 0. The van der Waals surface area contributed by atoms with Gasteiger partial charge in [-0.2, -0.15) is 0 Å². The van der Waals surface area contributed by atoms with E-state index < -0.39 is 0 Å². The van der Waals surface area contributed by atoms with Crippen LogP contribution in [-0.4, -0.2) is 28.4 Å². The van der Waals surface area contributed by atoms with Crippen molar-refractivity contribution < 1.29 is 9.72 Å². The molecule has 0 saturated heterocycles. The van der Waals surface area contributed by atoms with Gasteiger partial charge in [-0.25, -0.2) is 4.98 Å². The Balaban J connectivity index is 1.52. The number of hydrogen-bond donors (Lipinski definition) is 1. The van der Waals surface area contributed by atoms with Gasteiger partial charge >= 0.3 is 0 Å². The van der Waals surface area contributed by atoms with Crippen LogP contribution in [0.25, 0.3) is 10.9 Å². The van der Waals surface area contributed by atoms with E-state index in [9.17, 15) is 14.9 Å². The number of rotatable bonds is 4. The Morgan fingerprint density at radius 3 is 2.76 bits per heavy atom. The fourth-order valence-corrected chi connectivity index (χ4v) is 3.85. The van der Waals surface area contributed by atoms with Crippen LogP contribution in [0.4, 0.5) is 11.5 Å². The average molecular weight is 388 g/mol. The summed E-state index contributed by atoms with van der Waals surface area (Å²) >= 11 is 0. The number of carbonyl (C=O) groups is 1. The molecule has 0 bridgehead atoms. The number of nitrogens with zero attached hydrogens (tertiary/aromatic N) is 3. The van der Waals surface area contributed by atoms with Gasteiger partial charge in [0.05, 0.1) is 16.0 Å². The number of nitro groups is 1. The number of para-hydroxylation sites is 1. The SMILES string of the molecule is O=C(NC1CC1)c1cc(N2CCc3ccc([N+](=O)[O-])cc3C2)nc2ccccc12. The number of non-ortho nitro benzene ring substituents is 1. The van der Waals surface area contributed by atoms with Gasteiger partial charge in [-0.15, -0.1) is 0 Å². The molecule has 2 aliphatic rings. The first-order valence-corrected chi connectivity index (χ1v) is 9.80. The van der Waals surface area contributed by atoms with Crippen molar-refractivity contribution in [3.05, 3.63) is 75.3 Å². The molecule has 1 saturated carbocycles. The number of benzene rings is 2. The van der Waals surface area contributed by atoms with Gasteiger partial charge in [0.15, 0.2) is 0 Å².